The number of aromatic nitrogens is 2. The van der Waals surface area contributed by atoms with E-state index in [0.717, 1.165) is 59.6 Å². The van der Waals surface area contributed by atoms with Crippen molar-refractivity contribution >= 4 is 16.9 Å². The number of cyclic esters (lactones) is 1. The molecule has 3 aliphatic heterocycles. The number of ether oxygens (including phenoxy) is 1. The van der Waals surface area contributed by atoms with Crippen molar-refractivity contribution in [3.8, 4) is 11.4 Å². The fourth-order valence-corrected chi connectivity index (χ4v) is 5.63. The van der Waals surface area contributed by atoms with Gasteiger partial charge in [-0.25, -0.2) is 9.99 Å². The molecule has 3 aromatic rings. The molecule has 1 fully saturated rings. The highest BCUT2D eigenvalue weighted by molar-refractivity contribution is 5.89. The van der Waals surface area contributed by atoms with Gasteiger partial charge in [0.1, 0.15) is 6.61 Å². The summed E-state index contributed by atoms with van der Waals surface area (Å²) >= 11 is 0. The molecule has 0 unspecified atom stereocenters. The van der Waals surface area contributed by atoms with Crippen molar-refractivity contribution < 1.29 is 9.53 Å². The van der Waals surface area contributed by atoms with E-state index in [2.05, 4.69) is 28.4 Å². The molecule has 3 aliphatic rings. The topological polar surface area (TPSA) is 79.7 Å². The Morgan fingerprint density at radius 3 is 2.66 bits per heavy atom. The molecular formula is C27H31N5O3. The fraction of sp³-hybridized carbons (Fsp3) is 0.444. The maximum Gasteiger partial charge on any atom is 0.316 e. The normalized spacial score (nSPS) is 22.1. The van der Waals surface area contributed by atoms with E-state index in [0.29, 0.717) is 25.1 Å². The molecule has 1 saturated heterocycles. The van der Waals surface area contributed by atoms with Crippen LogP contribution in [0.2, 0.25) is 0 Å². The SMILES string of the molecule is CC[C@@]1(C)C(=O)OCc2c1cc1n(c2=O)Cc2c-1nc1ccccc1c2CNN1CCN(C)CC1. The molecule has 2 aromatic heterocycles. The van der Waals surface area contributed by atoms with Crippen molar-refractivity contribution in [3.05, 3.63) is 62.9 Å². The first-order chi connectivity index (χ1) is 16.9. The lowest BCUT2D eigenvalue weighted by Gasteiger charge is -2.33. The van der Waals surface area contributed by atoms with Gasteiger partial charge in [-0.1, -0.05) is 25.1 Å². The van der Waals surface area contributed by atoms with E-state index in [-0.39, 0.29) is 18.1 Å². The highest BCUT2D eigenvalue weighted by Crippen LogP contribution is 2.41. The number of para-hydroxylation sites is 1. The molecule has 35 heavy (non-hydrogen) atoms. The van der Waals surface area contributed by atoms with Gasteiger partial charge in [0.2, 0.25) is 0 Å². The van der Waals surface area contributed by atoms with Crippen LogP contribution in [-0.4, -0.2) is 58.7 Å². The van der Waals surface area contributed by atoms with Gasteiger partial charge in [-0.3, -0.25) is 15.0 Å². The smallest absolute Gasteiger partial charge is 0.316 e. The Balaban J connectivity index is 1.47. The zero-order chi connectivity index (χ0) is 24.3. The van der Waals surface area contributed by atoms with E-state index in [1.165, 1.54) is 5.56 Å². The van der Waals surface area contributed by atoms with E-state index in [4.69, 9.17) is 9.72 Å². The van der Waals surface area contributed by atoms with Crippen molar-refractivity contribution in [2.45, 2.75) is 45.4 Å². The van der Waals surface area contributed by atoms with Crippen LogP contribution in [0.1, 0.15) is 42.5 Å². The van der Waals surface area contributed by atoms with E-state index < -0.39 is 5.41 Å². The number of benzene rings is 1. The molecule has 0 radical (unpaired) electrons. The van der Waals surface area contributed by atoms with Crippen LogP contribution < -0.4 is 11.0 Å². The third-order valence-electron chi connectivity index (χ3n) is 8.15. The van der Waals surface area contributed by atoms with Gasteiger partial charge in [-0.15, -0.1) is 0 Å². The molecule has 1 atom stereocenters. The standard InChI is InChI=1S/C27H31N5O3/c1-4-27(2)21-13-23-24-19(15-32(23)25(33)20(21)16-35-26(27)34)18(17-7-5-6-8-22(17)29-24)14-28-31-11-9-30(3)10-12-31/h5-8,13,28H,4,9-12,14-16H2,1-3H3/t27-/m1/s1. The summed E-state index contributed by atoms with van der Waals surface area (Å²) in [5.41, 5.74) is 8.91. The molecule has 8 nitrogen and oxygen atoms in total. The minimum atomic E-state index is -0.826. The number of hydrogen-bond donors (Lipinski definition) is 1. The summed E-state index contributed by atoms with van der Waals surface area (Å²) in [5.74, 6) is -0.265. The summed E-state index contributed by atoms with van der Waals surface area (Å²) in [6, 6.07) is 10.2. The maximum atomic E-state index is 13.6. The number of piperazine rings is 1. The zero-order valence-electron chi connectivity index (χ0n) is 20.6. The average Bonchev–Trinajstić information content (AvgIpc) is 3.24. The maximum absolute atomic E-state index is 13.6. The zero-order valence-corrected chi connectivity index (χ0v) is 20.6. The lowest BCUT2D eigenvalue weighted by molar-refractivity contribution is -0.153. The van der Waals surface area contributed by atoms with E-state index >= 15 is 0 Å². The first kappa shape index (κ1) is 22.4. The molecule has 0 saturated carbocycles. The van der Waals surface area contributed by atoms with Crippen molar-refractivity contribution in [3.63, 3.8) is 0 Å². The number of pyridine rings is 2. The Kier molecular flexibility index (Phi) is 5.28. The molecule has 0 amide bonds. The van der Waals surface area contributed by atoms with Crippen LogP contribution >= 0.6 is 0 Å². The quantitative estimate of drug-likeness (QED) is 0.456. The Labute approximate surface area is 204 Å². The van der Waals surface area contributed by atoms with Gasteiger partial charge in [0.05, 0.1) is 34.4 Å². The molecule has 5 heterocycles. The predicted molar refractivity (Wildman–Crippen MR) is 134 cm³/mol. The van der Waals surface area contributed by atoms with Crippen LogP contribution in [0.25, 0.3) is 22.3 Å². The van der Waals surface area contributed by atoms with Gasteiger partial charge < -0.3 is 14.2 Å². The molecule has 1 N–H and O–H groups in total. The second kappa shape index (κ2) is 8.26. The summed E-state index contributed by atoms with van der Waals surface area (Å²) in [6.07, 6.45) is 0.569. The van der Waals surface area contributed by atoms with Gasteiger partial charge in [0.15, 0.2) is 0 Å². The second-order valence-electron chi connectivity index (χ2n) is 10.1. The van der Waals surface area contributed by atoms with Gasteiger partial charge in [-0.05, 0) is 43.7 Å². The molecule has 0 bridgehead atoms. The van der Waals surface area contributed by atoms with Crippen molar-refractivity contribution in [1.82, 2.24) is 24.9 Å². The number of hydrazine groups is 1. The predicted octanol–water partition coefficient (Wildman–Crippen LogP) is 2.40. The van der Waals surface area contributed by atoms with Crippen LogP contribution in [0.5, 0.6) is 0 Å². The fourth-order valence-electron chi connectivity index (χ4n) is 5.63. The van der Waals surface area contributed by atoms with Crippen molar-refractivity contribution in [2.24, 2.45) is 0 Å². The highest BCUT2D eigenvalue weighted by atomic mass is 16.5. The monoisotopic (exact) mass is 473 g/mol. The molecule has 0 aliphatic carbocycles. The molecule has 0 spiro atoms. The molecule has 6 rings (SSSR count). The number of carbonyl (C=O) groups is 1. The number of nitrogens with zero attached hydrogens (tertiary/aromatic N) is 4. The summed E-state index contributed by atoms with van der Waals surface area (Å²) in [4.78, 5) is 33.7. The summed E-state index contributed by atoms with van der Waals surface area (Å²) < 4.78 is 7.25. The lowest BCUT2D eigenvalue weighted by atomic mass is 9.76. The summed E-state index contributed by atoms with van der Waals surface area (Å²) in [6.45, 7) is 9.03. The largest absolute Gasteiger partial charge is 0.460 e. The Hall–Kier alpha value is -3.07. The van der Waals surface area contributed by atoms with Crippen LogP contribution in [-0.2, 0) is 34.6 Å². The summed E-state index contributed by atoms with van der Waals surface area (Å²) in [5, 5.41) is 3.39. The number of likely N-dealkylation sites (N-methyl/N-ethyl adjacent to an activating group) is 1. The van der Waals surface area contributed by atoms with Crippen LogP contribution in [0, 0.1) is 0 Å². The summed E-state index contributed by atoms with van der Waals surface area (Å²) in [7, 11) is 2.15. The third-order valence-corrected chi connectivity index (χ3v) is 8.15. The van der Waals surface area contributed by atoms with Gasteiger partial charge in [0.25, 0.3) is 5.56 Å². The van der Waals surface area contributed by atoms with Crippen LogP contribution in [0.15, 0.2) is 35.1 Å². The second-order valence-corrected chi connectivity index (χ2v) is 10.1. The average molecular weight is 474 g/mol. The van der Waals surface area contributed by atoms with Crippen LogP contribution in [0.3, 0.4) is 0 Å². The Morgan fingerprint density at radius 2 is 1.89 bits per heavy atom. The van der Waals surface area contributed by atoms with Gasteiger partial charge in [0, 0.05) is 43.7 Å². The van der Waals surface area contributed by atoms with E-state index in [1.807, 2.05) is 42.7 Å². The highest BCUT2D eigenvalue weighted by Gasteiger charge is 2.43. The number of esters is 1. The van der Waals surface area contributed by atoms with Crippen molar-refractivity contribution in [2.75, 3.05) is 33.2 Å². The third kappa shape index (κ3) is 3.43. The number of fused-ring (bicyclic) bond motifs is 5. The lowest BCUT2D eigenvalue weighted by Crippen LogP contribution is -2.50. The number of carbonyl (C=O) groups excluding carboxylic acids is 1. The molecule has 182 valence electrons. The molecule has 1 aromatic carbocycles. The Morgan fingerprint density at radius 1 is 1.11 bits per heavy atom. The number of hydrogen-bond acceptors (Lipinski definition) is 7. The van der Waals surface area contributed by atoms with Crippen LogP contribution in [0.4, 0.5) is 0 Å². The van der Waals surface area contributed by atoms with Crippen molar-refractivity contribution in [1.29, 1.82) is 0 Å². The first-order valence-corrected chi connectivity index (χ1v) is 12.4. The molecule has 8 heteroatoms. The minimum Gasteiger partial charge on any atom is -0.460 e. The van der Waals surface area contributed by atoms with E-state index in [9.17, 15) is 9.59 Å². The number of nitrogens with one attached hydrogen (secondary N) is 1. The first-order valence-electron chi connectivity index (χ1n) is 12.4. The van der Waals surface area contributed by atoms with Gasteiger partial charge in [-0.2, -0.15) is 0 Å². The van der Waals surface area contributed by atoms with Gasteiger partial charge >= 0.3 is 5.97 Å². The number of rotatable bonds is 4. The van der Waals surface area contributed by atoms with E-state index in [1.54, 1.807) is 0 Å². The molecular weight excluding hydrogens is 442 g/mol. The Bertz CT molecular complexity index is 1410. The minimum absolute atomic E-state index is 0.0342.